The van der Waals surface area contributed by atoms with Crippen molar-refractivity contribution in [3.8, 4) is 0 Å². The molecule has 2 nitrogen and oxygen atoms in total. The first-order valence-corrected chi connectivity index (χ1v) is 6.92. The fraction of sp³-hybridized carbons (Fsp3) is 1.00. The lowest BCUT2D eigenvalue weighted by Crippen LogP contribution is -2.43. The van der Waals surface area contributed by atoms with Crippen LogP contribution in [-0.4, -0.2) is 23.8 Å². The largest absolute Gasteiger partial charge is 0.389 e. The summed E-state index contributed by atoms with van der Waals surface area (Å²) in [7, 11) is 0. The average Bonchev–Trinajstić information content (AvgIpc) is 2.78. The molecule has 0 aromatic rings. The maximum Gasteiger partial charge on any atom is 0.0766 e. The summed E-state index contributed by atoms with van der Waals surface area (Å²) in [5.74, 6) is 3.23. The summed E-state index contributed by atoms with van der Waals surface area (Å²) in [5.41, 5.74) is -0.558. The molecule has 2 fully saturated rings. The van der Waals surface area contributed by atoms with E-state index in [2.05, 4.69) is 19.2 Å². The standard InChI is InChI=1S/C14H27NO/c1-10(2)14(3,16)9-15-8-13-7-11-4-5-12(13)6-11/h10-13,15-16H,4-9H2,1-3H3. The summed E-state index contributed by atoms with van der Waals surface area (Å²) in [4.78, 5) is 0. The maximum atomic E-state index is 10.1. The molecule has 2 heteroatoms. The van der Waals surface area contributed by atoms with Gasteiger partial charge in [0.25, 0.3) is 0 Å². The molecule has 4 unspecified atom stereocenters. The van der Waals surface area contributed by atoms with Gasteiger partial charge in [-0.05, 0) is 56.4 Å². The van der Waals surface area contributed by atoms with Crippen molar-refractivity contribution in [3.63, 3.8) is 0 Å². The Kier molecular flexibility index (Phi) is 3.60. The van der Waals surface area contributed by atoms with Gasteiger partial charge in [0, 0.05) is 6.54 Å². The zero-order chi connectivity index (χ0) is 11.8. The Morgan fingerprint density at radius 2 is 2.06 bits per heavy atom. The van der Waals surface area contributed by atoms with E-state index in [1.165, 1.54) is 25.7 Å². The van der Waals surface area contributed by atoms with E-state index in [4.69, 9.17) is 0 Å². The molecular formula is C14H27NO. The number of hydrogen-bond acceptors (Lipinski definition) is 2. The molecule has 2 bridgehead atoms. The quantitative estimate of drug-likeness (QED) is 0.753. The van der Waals surface area contributed by atoms with Crippen molar-refractivity contribution in [2.45, 2.75) is 52.1 Å². The highest BCUT2D eigenvalue weighted by atomic mass is 16.3. The summed E-state index contributed by atoms with van der Waals surface area (Å²) < 4.78 is 0. The van der Waals surface area contributed by atoms with Gasteiger partial charge in [-0.25, -0.2) is 0 Å². The molecule has 2 aliphatic rings. The van der Waals surface area contributed by atoms with Crippen LogP contribution in [0.2, 0.25) is 0 Å². The van der Waals surface area contributed by atoms with Crippen LogP contribution in [0.5, 0.6) is 0 Å². The third-order valence-corrected chi connectivity index (χ3v) is 5.02. The first kappa shape index (κ1) is 12.4. The third kappa shape index (κ3) is 2.60. The lowest BCUT2D eigenvalue weighted by molar-refractivity contribution is 0.0131. The first-order valence-electron chi connectivity index (χ1n) is 6.92. The highest BCUT2D eigenvalue weighted by Gasteiger charge is 2.39. The number of rotatable bonds is 5. The molecule has 2 rings (SSSR count). The second kappa shape index (κ2) is 4.66. The van der Waals surface area contributed by atoms with E-state index in [0.717, 1.165) is 30.8 Å². The molecule has 0 amide bonds. The Hall–Kier alpha value is -0.0800. The van der Waals surface area contributed by atoms with Crippen molar-refractivity contribution in [3.05, 3.63) is 0 Å². The molecule has 0 aromatic carbocycles. The van der Waals surface area contributed by atoms with Crippen LogP contribution in [0.25, 0.3) is 0 Å². The van der Waals surface area contributed by atoms with E-state index in [0.29, 0.717) is 5.92 Å². The van der Waals surface area contributed by atoms with Crippen LogP contribution in [0.1, 0.15) is 46.5 Å². The zero-order valence-corrected chi connectivity index (χ0v) is 11.0. The van der Waals surface area contributed by atoms with Gasteiger partial charge in [0.2, 0.25) is 0 Å². The fourth-order valence-electron chi connectivity index (χ4n) is 3.34. The highest BCUT2D eigenvalue weighted by molar-refractivity contribution is 4.91. The van der Waals surface area contributed by atoms with E-state index in [1.807, 2.05) is 6.92 Å². The Bertz CT molecular complexity index is 237. The average molecular weight is 225 g/mol. The van der Waals surface area contributed by atoms with Crippen LogP contribution < -0.4 is 5.32 Å². The molecule has 4 atom stereocenters. The van der Waals surface area contributed by atoms with Crippen molar-refractivity contribution in [2.75, 3.05) is 13.1 Å². The Balaban J connectivity index is 1.69. The molecule has 94 valence electrons. The van der Waals surface area contributed by atoms with E-state index >= 15 is 0 Å². The van der Waals surface area contributed by atoms with Gasteiger partial charge in [-0.1, -0.05) is 20.3 Å². The number of nitrogens with one attached hydrogen (secondary N) is 1. The molecule has 0 saturated heterocycles. The summed E-state index contributed by atoms with van der Waals surface area (Å²) >= 11 is 0. The third-order valence-electron chi connectivity index (χ3n) is 5.02. The Morgan fingerprint density at radius 3 is 2.56 bits per heavy atom. The second-order valence-electron chi connectivity index (χ2n) is 6.58. The van der Waals surface area contributed by atoms with Crippen LogP contribution in [0.15, 0.2) is 0 Å². The molecule has 2 aliphatic carbocycles. The van der Waals surface area contributed by atoms with Gasteiger partial charge < -0.3 is 10.4 Å². The Labute approximate surface area is 99.8 Å². The van der Waals surface area contributed by atoms with Crippen LogP contribution in [0.3, 0.4) is 0 Å². The van der Waals surface area contributed by atoms with Gasteiger partial charge in [-0.15, -0.1) is 0 Å². The lowest BCUT2D eigenvalue weighted by Gasteiger charge is -2.30. The second-order valence-corrected chi connectivity index (χ2v) is 6.58. The van der Waals surface area contributed by atoms with Crippen LogP contribution in [0.4, 0.5) is 0 Å². The van der Waals surface area contributed by atoms with E-state index in [9.17, 15) is 5.11 Å². The van der Waals surface area contributed by atoms with Crippen molar-refractivity contribution >= 4 is 0 Å². The minimum atomic E-state index is -0.558. The van der Waals surface area contributed by atoms with Gasteiger partial charge in [0.05, 0.1) is 5.60 Å². The topological polar surface area (TPSA) is 32.3 Å². The lowest BCUT2D eigenvalue weighted by atomic mass is 9.88. The summed E-state index contributed by atoms with van der Waals surface area (Å²) in [5, 5.41) is 13.6. The summed E-state index contributed by atoms with van der Waals surface area (Å²) in [6.45, 7) is 7.95. The maximum absolute atomic E-state index is 10.1. The summed E-state index contributed by atoms with van der Waals surface area (Å²) in [6, 6.07) is 0. The fourth-order valence-corrected chi connectivity index (χ4v) is 3.34. The monoisotopic (exact) mass is 225 g/mol. The Morgan fingerprint density at radius 1 is 1.31 bits per heavy atom. The van der Waals surface area contributed by atoms with Crippen molar-refractivity contribution in [2.24, 2.45) is 23.7 Å². The molecule has 0 heterocycles. The van der Waals surface area contributed by atoms with Crippen LogP contribution in [-0.2, 0) is 0 Å². The number of hydrogen-bond donors (Lipinski definition) is 2. The van der Waals surface area contributed by atoms with Crippen LogP contribution >= 0.6 is 0 Å². The SMILES string of the molecule is CC(C)C(C)(O)CNCC1CC2CCC1C2. The molecule has 0 aliphatic heterocycles. The van der Waals surface area contributed by atoms with Gasteiger partial charge in [0.15, 0.2) is 0 Å². The van der Waals surface area contributed by atoms with Gasteiger partial charge in [-0.2, -0.15) is 0 Å². The normalized spacial score (nSPS) is 36.9. The van der Waals surface area contributed by atoms with Crippen molar-refractivity contribution < 1.29 is 5.11 Å². The molecule has 16 heavy (non-hydrogen) atoms. The first-order chi connectivity index (χ1) is 7.49. The van der Waals surface area contributed by atoms with E-state index in [1.54, 1.807) is 0 Å². The number of fused-ring (bicyclic) bond motifs is 2. The molecule has 0 radical (unpaired) electrons. The molecule has 0 spiro atoms. The smallest absolute Gasteiger partial charge is 0.0766 e. The van der Waals surface area contributed by atoms with Crippen LogP contribution in [0, 0.1) is 23.7 Å². The predicted molar refractivity (Wildman–Crippen MR) is 67.3 cm³/mol. The molecule has 2 N–H and O–H groups in total. The van der Waals surface area contributed by atoms with Gasteiger partial charge >= 0.3 is 0 Å². The van der Waals surface area contributed by atoms with E-state index in [-0.39, 0.29) is 0 Å². The summed E-state index contributed by atoms with van der Waals surface area (Å²) in [6.07, 6.45) is 5.84. The molecular weight excluding hydrogens is 198 g/mol. The molecule has 2 saturated carbocycles. The highest BCUT2D eigenvalue weighted by Crippen LogP contribution is 2.47. The zero-order valence-electron chi connectivity index (χ0n) is 11.0. The van der Waals surface area contributed by atoms with Gasteiger partial charge in [-0.3, -0.25) is 0 Å². The number of aliphatic hydroxyl groups is 1. The van der Waals surface area contributed by atoms with E-state index < -0.39 is 5.60 Å². The van der Waals surface area contributed by atoms with Gasteiger partial charge in [0.1, 0.15) is 0 Å². The van der Waals surface area contributed by atoms with Crippen molar-refractivity contribution in [1.29, 1.82) is 0 Å². The predicted octanol–water partition coefficient (Wildman–Crippen LogP) is 2.42. The minimum Gasteiger partial charge on any atom is -0.389 e. The minimum absolute atomic E-state index is 0.319. The molecule has 0 aromatic heterocycles. The van der Waals surface area contributed by atoms with Crippen molar-refractivity contribution in [1.82, 2.24) is 5.32 Å².